The van der Waals surface area contributed by atoms with Crippen molar-refractivity contribution in [2.45, 2.75) is 6.54 Å². The summed E-state index contributed by atoms with van der Waals surface area (Å²) in [7, 11) is 0. The predicted octanol–water partition coefficient (Wildman–Crippen LogP) is 2.49. The normalized spacial score (nSPS) is 10.5. The summed E-state index contributed by atoms with van der Waals surface area (Å²) in [5, 5.41) is 3.99. The fraction of sp³-hybridized carbons (Fsp3) is 0.0667. The maximum absolute atomic E-state index is 12.0. The van der Waals surface area contributed by atoms with Gasteiger partial charge in [-0.25, -0.2) is 0 Å². The third-order valence-electron chi connectivity index (χ3n) is 3.02. The molecular formula is C15H13N3O. The van der Waals surface area contributed by atoms with E-state index in [1.807, 2.05) is 42.6 Å². The number of carbonyl (C=O) groups excluding carboxylic acids is 1. The van der Waals surface area contributed by atoms with Crippen molar-refractivity contribution in [3.8, 4) is 0 Å². The third-order valence-corrected chi connectivity index (χ3v) is 3.02. The molecular weight excluding hydrogens is 238 g/mol. The number of pyridine rings is 1. The fourth-order valence-corrected chi connectivity index (χ4v) is 1.97. The number of hydrogen-bond donors (Lipinski definition) is 2. The van der Waals surface area contributed by atoms with E-state index in [2.05, 4.69) is 15.3 Å². The van der Waals surface area contributed by atoms with E-state index in [4.69, 9.17) is 0 Å². The molecule has 2 heterocycles. The molecule has 3 rings (SSSR count). The van der Waals surface area contributed by atoms with Gasteiger partial charge in [0.05, 0.1) is 0 Å². The van der Waals surface area contributed by atoms with E-state index in [9.17, 15) is 4.79 Å². The molecule has 1 aromatic carbocycles. The van der Waals surface area contributed by atoms with Crippen molar-refractivity contribution >= 4 is 16.8 Å². The summed E-state index contributed by atoms with van der Waals surface area (Å²) < 4.78 is 0. The number of nitrogens with zero attached hydrogens (tertiary/aromatic N) is 1. The van der Waals surface area contributed by atoms with Crippen molar-refractivity contribution in [3.05, 3.63) is 66.1 Å². The van der Waals surface area contributed by atoms with Crippen LogP contribution in [0.1, 0.15) is 15.9 Å². The van der Waals surface area contributed by atoms with Crippen LogP contribution in [0.2, 0.25) is 0 Å². The largest absolute Gasteiger partial charge is 0.361 e. The van der Waals surface area contributed by atoms with Gasteiger partial charge in [-0.15, -0.1) is 0 Å². The average molecular weight is 251 g/mol. The van der Waals surface area contributed by atoms with Crippen molar-refractivity contribution < 1.29 is 4.79 Å². The second-order valence-corrected chi connectivity index (χ2v) is 4.32. The number of benzene rings is 1. The Morgan fingerprint density at radius 3 is 2.84 bits per heavy atom. The molecule has 0 bridgehead atoms. The zero-order valence-corrected chi connectivity index (χ0v) is 10.3. The van der Waals surface area contributed by atoms with Crippen LogP contribution in [0, 0.1) is 0 Å². The zero-order valence-electron chi connectivity index (χ0n) is 10.3. The second kappa shape index (κ2) is 4.94. The molecule has 4 heteroatoms. The summed E-state index contributed by atoms with van der Waals surface area (Å²) in [6.07, 6.45) is 5.29. The number of aromatic amines is 1. The van der Waals surface area contributed by atoms with Crippen LogP contribution in [0.25, 0.3) is 10.9 Å². The molecule has 0 radical (unpaired) electrons. The molecule has 0 aliphatic rings. The van der Waals surface area contributed by atoms with Crippen molar-refractivity contribution in [2.24, 2.45) is 0 Å². The van der Waals surface area contributed by atoms with Crippen molar-refractivity contribution in [2.75, 3.05) is 0 Å². The Hall–Kier alpha value is -2.62. The highest BCUT2D eigenvalue weighted by Gasteiger charge is 2.06. The molecule has 0 spiro atoms. The first-order valence-corrected chi connectivity index (χ1v) is 6.07. The Balaban J connectivity index is 1.73. The van der Waals surface area contributed by atoms with Gasteiger partial charge in [0.15, 0.2) is 0 Å². The SMILES string of the molecule is O=C(NCc1ccncc1)c1ccc2cc[nH]c2c1. The predicted molar refractivity (Wildman–Crippen MR) is 73.7 cm³/mol. The first-order valence-electron chi connectivity index (χ1n) is 6.07. The van der Waals surface area contributed by atoms with Crippen LogP contribution >= 0.6 is 0 Å². The summed E-state index contributed by atoms with van der Waals surface area (Å²) in [4.78, 5) is 19.1. The van der Waals surface area contributed by atoms with E-state index in [1.165, 1.54) is 0 Å². The Morgan fingerprint density at radius 1 is 1.16 bits per heavy atom. The molecule has 0 saturated heterocycles. The number of amides is 1. The van der Waals surface area contributed by atoms with Crippen LogP contribution in [0.4, 0.5) is 0 Å². The Labute approximate surface area is 110 Å². The molecule has 4 nitrogen and oxygen atoms in total. The summed E-state index contributed by atoms with van der Waals surface area (Å²) in [6, 6.07) is 11.4. The molecule has 0 fully saturated rings. The lowest BCUT2D eigenvalue weighted by Gasteiger charge is -2.05. The van der Waals surface area contributed by atoms with Gasteiger partial charge in [-0.1, -0.05) is 6.07 Å². The molecule has 2 N–H and O–H groups in total. The molecule has 0 aliphatic carbocycles. The van der Waals surface area contributed by atoms with Gasteiger partial charge in [-0.3, -0.25) is 9.78 Å². The lowest BCUT2D eigenvalue weighted by Crippen LogP contribution is -2.22. The topological polar surface area (TPSA) is 57.8 Å². The van der Waals surface area contributed by atoms with Crippen LogP contribution in [0.15, 0.2) is 55.0 Å². The van der Waals surface area contributed by atoms with Gasteiger partial charge in [-0.05, 0) is 41.3 Å². The fourth-order valence-electron chi connectivity index (χ4n) is 1.97. The minimum absolute atomic E-state index is 0.0756. The van der Waals surface area contributed by atoms with Crippen LogP contribution < -0.4 is 5.32 Å². The van der Waals surface area contributed by atoms with E-state index in [-0.39, 0.29) is 5.91 Å². The molecule has 94 valence electrons. The molecule has 0 unspecified atom stereocenters. The minimum atomic E-state index is -0.0756. The van der Waals surface area contributed by atoms with Crippen LogP contribution in [-0.2, 0) is 6.54 Å². The number of H-pyrrole nitrogens is 1. The standard InChI is InChI=1S/C15H13N3O/c19-15(18-10-11-3-6-16-7-4-11)13-2-1-12-5-8-17-14(12)9-13/h1-9,17H,10H2,(H,18,19). The Kier molecular flexibility index (Phi) is 2.98. The molecule has 1 amide bonds. The third kappa shape index (κ3) is 2.47. The zero-order chi connectivity index (χ0) is 13.1. The number of rotatable bonds is 3. The number of nitrogens with one attached hydrogen (secondary N) is 2. The summed E-state index contributed by atoms with van der Waals surface area (Å²) >= 11 is 0. The molecule has 0 aliphatic heterocycles. The van der Waals surface area contributed by atoms with E-state index >= 15 is 0 Å². The number of fused-ring (bicyclic) bond motifs is 1. The molecule has 0 saturated carbocycles. The van der Waals surface area contributed by atoms with Gasteiger partial charge >= 0.3 is 0 Å². The highest BCUT2D eigenvalue weighted by Crippen LogP contribution is 2.14. The number of aromatic nitrogens is 2. The Morgan fingerprint density at radius 2 is 2.00 bits per heavy atom. The van der Waals surface area contributed by atoms with E-state index in [0.717, 1.165) is 16.5 Å². The lowest BCUT2D eigenvalue weighted by molar-refractivity contribution is 0.0951. The lowest BCUT2D eigenvalue weighted by atomic mass is 10.1. The summed E-state index contributed by atoms with van der Waals surface area (Å²) in [5.41, 5.74) is 2.66. The van der Waals surface area contributed by atoms with E-state index < -0.39 is 0 Å². The van der Waals surface area contributed by atoms with Crippen LogP contribution in [-0.4, -0.2) is 15.9 Å². The first kappa shape index (κ1) is 11.5. The monoisotopic (exact) mass is 251 g/mol. The van der Waals surface area contributed by atoms with Gasteiger partial charge in [0, 0.05) is 36.2 Å². The maximum Gasteiger partial charge on any atom is 0.251 e. The summed E-state index contributed by atoms with van der Waals surface area (Å²) in [6.45, 7) is 0.504. The highest BCUT2D eigenvalue weighted by molar-refractivity contribution is 5.97. The van der Waals surface area contributed by atoms with Crippen molar-refractivity contribution in [3.63, 3.8) is 0 Å². The van der Waals surface area contributed by atoms with Gasteiger partial charge in [-0.2, -0.15) is 0 Å². The molecule has 2 aromatic heterocycles. The van der Waals surface area contributed by atoms with Crippen molar-refractivity contribution in [1.29, 1.82) is 0 Å². The minimum Gasteiger partial charge on any atom is -0.361 e. The Bertz CT molecular complexity index is 703. The highest BCUT2D eigenvalue weighted by atomic mass is 16.1. The van der Waals surface area contributed by atoms with E-state index in [0.29, 0.717) is 12.1 Å². The first-order chi connectivity index (χ1) is 9.33. The van der Waals surface area contributed by atoms with Gasteiger partial charge in [0.25, 0.3) is 5.91 Å². The van der Waals surface area contributed by atoms with Gasteiger partial charge in [0.2, 0.25) is 0 Å². The molecule has 0 atom stereocenters. The number of carbonyl (C=O) groups is 1. The summed E-state index contributed by atoms with van der Waals surface area (Å²) in [5.74, 6) is -0.0756. The smallest absolute Gasteiger partial charge is 0.251 e. The second-order valence-electron chi connectivity index (χ2n) is 4.32. The molecule has 3 aromatic rings. The van der Waals surface area contributed by atoms with E-state index in [1.54, 1.807) is 12.4 Å². The quantitative estimate of drug-likeness (QED) is 0.751. The van der Waals surface area contributed by atoms with Crippen LogP contribution in [0.3, 0.4) is 0 Å². The van der Waals surface area contributed by atoms with Crippen LogP contribution in [0.5, 0.6) is 0 Å². The number of hydrogen-bond acceptors (Lipinski definition) is 2. The average Bonchev–Trinajstić information content (AvgIpc) is 2.93. The van der Waals surface area contributed by atoms with Gasteiger partial charge in [0.1, 0.15) is 0 Å². The maximum atomic E-state index is 12.0. The van der Waals surface area contributed by atoms with Gasteiger partial charge < -0.3 is 10.3 Å². The van der Waals surface area contributed by atoms with Crippen molar-refractivity contribution in [1.82, 2.24) is 15.3 Å². The molecule has 19 heavy (non-hydrogen) atoms.